The van der Waals surface area contributed by atoms with E-state index in [1.165, 1.54) is 128 Å². The molecule has 4 nitrogen and oxygen atoms in total. The van der Waals surface area contributed by atoms with Crippen molar-refractivity contribution in [3.8, 4) is 0 Å². The predicted molar refractivity (Wildman–Crippen MR) is 198 cm³/mol. The second-order valence-electron chi connectivity index (χ2n) is 13.0. The van der Waals surface area contributed by atoms with Gasteiger partial charge in [0.1, 0.15) is 0 Å². The summed E-state index contributed by atoms with van der Waals surface area (Å²) in [6.45, 7) is 4.25. The van der Waals surface area contributed by atoms with E-state index in [0.717, 1.165) is 38.5 Å². The van der Waals surface area contributed by atoms with Gasteiger partial charge in [-0.2, -0.15) is 0 Å². The third-order valence-electron chi connectivity index (χ3n) is 8.53. The summed E-state index contributed by atoms with van der Waals surface area (Å²) in [6, 6.07) is -0.640. The molecule has 2 unspecified atom stereocenters. The zero-order valence-electron chi connectivity index (χ0n) is 29.9. The number of hydrogen-bond acceptors (Lipinski definition) is 3. The Balaban J connectivity index is 3.63. The lowest BCUT2D eigenvalue weighted by atomic mass is 10.1. The highest BCUT2D eigenvalue weighted by molar-refractivity contribution is 5.76. The number of carbonyl (C=O) groups is 1. The molecule has 2 atom stereocenters. The second-order valence-corrected chi connectivity index (χ2v) is 13.0. The van der Waals surface area contributed by atoms with Crippen molar-refractivity contribution in [3.05, 3.63) is 48.6 Å². The van der Waals surface area contributed by atoms with Crippen molar-refractivity contribution in [2.45, 2.75) is 199 Å². The third kappa shape index (κ3) is 33.5. The van der Waals surface area contributed by atoms with Crippen LogP contribution in [0.2, 0.25) is 0 Å². The van der Waals surface area contributed by atoms with E-state index in [0.29, 0.717) is 6.42 Å². The molecule has 0 saturated heterocycles. The number of aliphatic hydroxyl groups is 2. The largest absolute Gasteiger partial charge is 0.394 e. The number of aliphatic hydroxyl groups excluding tert-OH is 2. The summed E-state index contributed by atoms with van der Waals surface area (Å²) in [5, 5.41) is 22.8. The number of hydrogen-bond donors (Lipinski definition) is 3. The average molecular weight is 630 g/mol. The van der Waals surface area contributed by atoms with Crippen LogP contribution in [0.25, 0.3) is 0 Å². The highest BCUT2D eigenvalue weighted by Gasteiger charge is 2.17. The Labute approximate surface area is 280 Å². The molecule has 262 valence electrons. The number of amides is 1. The van der Waals surface area contributed by atoms with Crippen molar-refractivity contribution in [3.63, 3.8) is 0 Å². The van der Waals surface area contributed by atoms with Gasteiger partial charge in [0, 0.05) is 6.42 Å². The van der Waals surface area contributed by atoms with E-state index in [1.807, 2.05) is 6.08 Å². The van der Waals surface area contributed by atoms with Crippen molar-refractivity contribution in [1.82, 2.24) is 5.32 Å². The number of allylic oxidation sites excluding steroid dienone is 7. The molecule has 0 bridgehead atoms. The minimum absolute atomic E-state index is 0.0815. The van der Waals surface area contributed by atoms with Gasteiger partial charge >= 0.3 is 0 Å². The molecule has 0 aliphatic heterocycles. The van der Waals surface area contributed by atoms with E-state index in [4.69, 9.17) is 0 Å². The lowest BCUT2D eigenvalue weighted by molar-refractivity contribution is -0.123. The lowest BCUT2D eigenvalue weighted by Crippen LogP contribution is -2.45. The Hall–Kier alpha value is -1.65. The first-order valence-electron chi connectivity index (χ1n) is 19.4. The standard InChI is InChI=1S/C41H75NO3/c1-3-5-7-9-11-13-15-17-18-19-20-21-22-23-24-25-27-29-31-33-35-37-41(45)42-39(38-43)40(44)36-34-32-30-28-26-16-14-12-10-8-6-4-2/h15,17,19-20,26,28,34,36,39-40,43-44H,3-14,16,18,21-25,27,29-33,35,37-38H2,1-2H3,(H,42,45)/b17-15-,20-19-,28-26+,36-34+. The van der Waals surface area contributed by atoms with E-state index in [-0.39, 0.29) is 12.5 Å². The molecule has 1 amide bonds. The van der Waals surface area contributed by atoms with Crippen LogP contribution >= 0.6 is 0 Å². The molecule has 0 radical (unpaired) electrons. The highest BCUT2D eigenvalue weighted by Crippen LogP contribution is 2.12. The molecule has 0 saturated carbocycles. The summed E-state index contributed by atoms with van der Waals surface area (Å²) in [6.07, 6.45) is 49.1. The quantitative estimate of drug-likeness (QED) is 0.0490. The Morgan fingerprint density at radius 2 is 0.933 bits per heavy atom. The first-order chi connectivity index (χ1) is 22.2. The fourth-order valence-electron chi connectivity index (χ4n) is 5.52. The Bertz CT molecular complexity index is 726. The van der Waals surface area contributed by atoms with Crippen LogP contribution in [0.1, 0.15) is 187 Å². The van der Waals surface area contributed by atoms with Crippen LogP contribution in [-0.4, -0.2) is 34.9 Å². The molecule has 0 aromatic carbocycles. The topological polar surface area (TPSA) is 69.6 Å². The van der Waals surface area contributed by atoms with Crippen molar-refractivity contribution in [2.75, 3.05) is 6.61 Å². The van der Waals surface area contributed by atoms with Crippen LogP contribution in [0, 0.1) is 0 Å². The van der Waals surface area contributed by atoms with Crippen LogP contribution in [0.3, 0.4) is 0 Å². The van der Waals surface area contributed by atoms with E-state index in [9.17, 15) is 15.0 Å². The number of carbonyl (C=O) groups excluding carboxylic acids is 1. The van der Waals surface area contributed by atoms with Crippen molar-refractivity contribution in [2.24, 2.45) is 0 Å². The molecule has 3 N–H and O–H groups in total. The van der Waals surface area contributed by atoms with Crippen LogP contribution in [0.5, 0.6) is 0 Å². The number of nitrogens with one attached hydrogen (secondary N) is 1. The van der Waals surface area contributed by atoms with Gasteiger partial charge in [-0.15, -0.1) is 0 Å². The zero-order chi connectivity index (χ0) is 32.9. The molecule has 0 aromatic heterocycles. The zero-order valence-corrected chi connectivity index (χ0v) is 29.9. The molecule has 0 fully saturated rings. The molecule has 0 heterocycles. The van der Waals surface area contributed by atoms with Gasteiger partial charge < -0.3 is 15.5 Å². The van der Waals surface area contributed by atoms with Crippen molar-refractivity contribution >= 4 is 5.91 Å². The van der Waals surface area contributed by atoms with E-state index in [1.54, 1.807) is 6.08 Å². The molecule has 0 aromatic rings. The molecule has 4 heteroatoms. The maximum atomic E-state index is 12.3. The summed E-state index contributed by atoms with van der Waals surface area (Å²) in [5.41, 5.74) is 0. The molecule has 0 rings (SSSR count). The Morgan fingerprint density at radius 1 is 0.533 bits per heavy atom. The third-order valence-corrected chi connectivity index (χ3v) is 8.53. The second kappa shape index (κ2) is 36.8. The van der Waals surface area contributed by atoms with E-state index < -0.39 is 12.1 Å². The van der Waals surface area contributed by atoms with E-state index in [2.05, 4.69) is 55.6 Å². The van der Waals surface area contributed by atoms with Crippen LogP contribution in [0.4, 0.5) is 0 Å². The summed E-state index contributed by atoms with van der Waals surface area (Å²) in [5.74, 6) is -0.0815. The van der Waals surface area contributed by atoms with Crippen LogP contribution < -0.4 is 5.32 Å². The lowest BCUT2D eigenvalue weighted by Gasteiger charge is -2.19. The van der Waals surface area contributed by atoms with Gasteiger partial charge in [-0.1, -0.05) is 165 Å². The molecule has 0 aliphatic carbocycles. The Kier molecular flexibility index (Phi) is 35.5. The number of unbranched alkanes of at least 4 members (excludes halogenated alkanes) is 21. The normalized spacial score (nSPS) is 13.6. The fourth-order valence-corrected chi connectivity index (χ4v) is 5.52. The minimum atomic E-state index is -0.862. The van der Waals surface area contributed by atoms with Gasteiger partial charge in [0.05, 0.1) is 18.8 Å². The fraction of sp³-hybridized carbons (Fsp3) is 0.780. The summed E-state index contributed by atoms with van der Waals surface area (Å²) in [7, 11) is 0. The van der Waals surface area contributed by atoms with Crippen LogP contribution in [0.15, 0.2) is 48.6 Å². The predicted octanol–water partition coefficient (Wildman–Crippen LogP) is 11.6. The molecular formula is C41H75NO3. The van der Waals surface area contributed by atoms with Crippen molar-refractivity contribution in [1.29, 1.82) is 0 Å². The first kappa shape index (κ1) is 43.4. The Morgan fingerprint density at radius 3 is 1.42 bits per heavy atom. The molecule has 0 aliphatic rings. The monoisotopic (exact) mass is 630 g/mol. The maximum absolute atomic E-state index is 12.3. The maximum Gasteiger partial charge on any atom is 0.220 e. The van der Waals surface area contributed by atoms with Crippen molar-refractivity contribution < 1.29 is 15.0 Å². The molecular weight excluding hydrogens is 554 g/mol. The van der Waals surface area contributed by atoms with Gasteiger partial charge in [-0.25, -0.2) is 0 Å². The van der Waals surface area contributed by atoms with Gasteiger partial charge in [0.15, 0.2) is 0 Å². The highest BCUT2D eigenvalue weighted by atomic mass is 16.3. The van der Waals surface area contributed by atoms with Gasteiger partial charge in [-0.05, 0) is 64.2 Å². The summed E-state index contributed by atoms with van der Waals surface area (Å²) in [4.78, 5) is 12.3. The average Bonchev–Trinajstić information content (AvgIpc) is 3.04. The molecule has 0 spiro atoms. The van der Waals surface area contributed by atoms with Crippen LogP contribution in [-0.2, 0) is 4.79 Å². The van der Waals surface area contributed by atoms with E-state index >= 15 is 0 Å². The van der Waals surface area contributed by atoms with Gasteiger partial charge in [-0.3, -0.25) is 4.79 Å². The van der Waals surface area contributed by atoms with Gasteiger partial charge in [0.2, 0.25) is 5.91 Å². The smallest absolute Gasteiger partial charge is 0.220 e. The summed E-state index contributed by atoms with van der Waals surface area (Å²) < 4.78 is 0. The first-order valence-corrected chi connectivity index (χ1v) is 19.4. The number of rotatable bonds is 34. The SMILES string of the molecule is CCCCCCC/C=C\C/C=C\CCCCCCCCCCCC(=O)NC(CO)C(O)/C=C/CC/C=C/CCCCCCCC. The summed E-state index contributed by atoms with van der Waals surface area (Å²) >= 11 is 0. The molecule has 45 heavy (non-hydrogen) atoms. The minimum Gasteiger partial charge on any atom is -0.394 e. The van der Waals surface area contributed by atoms with Gasteiger partial charge in [0.25, 0.3) is 0 Å².